The van der Waals surface area contributed by atoms with E-state index in [1.807, 2.05) is 0 Å². The van der Waals surface area contributed by atoms with Crippen LogP contribution in [0.1, 0.15) is 39.0 Å². The summed E-state index contributed by atoms with van der Waals surface area (Å²) in [5, 5.41) is 9.15. The molecule has 2 heterocycles. The van der Waals surface area contributed by atoms with Crippen LogP contribution in [-0.2, 0) is 9.53 Å². The van der Waals surface area contributed by atoms with Crippen LogP contribution in [-0.4, -0.2) is 47.3 Å². The first-order valence-corrected chi connectivity index (χ1v) is 6.29. The molecule has 92 valence electrons. The molecule has 2 aliphatic heterocycles. The van der Waals surface area contributed by atoms with Gasteiger partial charge in [0.1, 0.15) is 6.04 Å². The van der Waals surface area contributed by atoms with Gasteiger partial charge in [-0.3, -0.25) is 9.69 Å². The Hall–Kier alpha value is -0.610. The summed E-state index contributed by atoms with van der Waals surface area (Å²) in [6.45, 7) is 3.79. The van der Waals surface area contributed by atoms with Gasteiger partial charge in [0.15, 0.2) is 0 Å². The number of hydrogen-bond donors (Lipinski definition) is 1. The molecular formula is C12H21NO3. The molecule has 2 saturated heterocycles. The fraction of sp³-hybridized carbons (Fsp3) is 0.917. The van der Waals surface area contributed by atoms with Gasteiger partial charge in [-0.2, -0.15) is 0 Å². The highest BCUT2D eigenvalue weighted by atomic mass is 16.5. The summed E-state index contributed by atoms with van der Waals surface area (Å²) in [5.41, 5.74) is 0. The molecule has 2 rings (SSSR count). The monoisotopic (exact) mass is 227 g/mol. The van der Waals surface area contributed by atoms with Crippen molar-refractivity contribution in [1.82, 2.24) is 4.90 Å². The second-order valence-corrected chi connectivity index (χ2v) is 4.99. The van der Waals surface area contributed by atoms with Crippen molar-refractivity contribution in [2.24, 2.45) is 0 Å². The summed E-state index contributed by atoms with van der Waals surface area (Å²) >= 11 is 0. The first-order chi connectivity index (χ1) is 7.66. The van der Waals surface area contributed by atoms with E-state index in [0.29, 0.717) is 6.10 Å². The molecule has 0 bridgehead atoms. The molecule has 0 aromatic rings. The Morgan fingerprint density at radius 3 is 2.81 bits per heavy atom. The van der Waals surface area contributed by atoms with Gasteiger partial charge in [0.05, 0.1) is 12.2 Å². The average molecular weight is 227 g/mol. The third-order valence-electron chi connectivity index (χ3n) is 3.66. The van der Waals surface area contributed by atoms with Crippen LogP contribution in [0, 0.1) is 0 Å². The third-order valence-corrected chi connectivity index (χ3v) is 3.66. The van der Waals surface area contributed by atoms with Gasteiger partial charge in [0, 0.05) is 6.54 Å². The molecule has 16 heavy (non-hydrogen) atoms. The fourth-order valence-electron chi connectivity index (χ4n) is 2.77. The lowest BCUT2D eigenvalue weighted by atomic mass is 10.0. The molecule has 0 aromatic carbocycles. The van der Waals surface area contributed by atoms with E-state index < -0.39 is 5.97 Å². The van der Waals surface area contributed by atoms with Gasteiger partial charge in [-0.15, -0.1) is 0 Å². The zero-order chi connectivity index (χ0) is 11.5. The van der Waals surface area contributed by atoms with Crippen LogP contribution in [0.5, 0.6) is 0 Å². The van der Waals surface area contributed by atoms with E-state index in [0.717, 1.165) is 45.2 Å². The molecule has 0 amide bonds. The second kappa shape index (κ2) is 5.15. The van der Waals surface area contributed by atoms with E-state index in [4.69, 9.17) is 9.84 Å². The van der Waals surface area contributed by atoms with E-state index in [1.54, 1.807) is 0 Å². The van der Waals surface area contributed by atoms with E-state index in [9.17, 15) is 4.79 Å². The number of carboxylic acids is 1. The molecule has 0 saturated carbocycles. The van der Waals surface area contributed by atoms with Crippen LogP contribution in [0.25, 0.3) is 0 Å². The molecule has 0 aliphatic carbocycles. The number of carbonyl (C=O) groups is 1. The van der Waals surface area contributed by atoms with Crippen molar-refractivity contribution in [3.8, 4) is 0 Å². The van der Waals surface area contributed by atoms with Gasteiger partial charge < -0.3 is 9.84 Å². The lowest BCUT2D eigenvalue weighted by molar-refractivity contribution is -0.145. The van der Waals surface area contributed by atoms with Crippen LogP contribution in [0.3, 0.4) is 0 Å². The lowest BCUT2D eigenvalue weighted by Crippen LogP contribution is -2.47. The molecule has 2 fully saturated rings. The van der Waals surface area contributed by atoms with Crippen LogP contribution in [0.4, 0.5) is 0 Å². The zero-order valence-electron chi connectivity index (χ0n) is 9.89. The second-order valence-electron chi connectivity index (χ2n) is 4.99. The van der Waals surface area contributed by atoms with Crippen LogP contribution in [0.15, 0.2) is 0 Å². The number of carboxylic acid groups (broad SMARTS) is 1. The maximum absolute atomic E-state index is 11.1. The molecule has 1 N–H and O–H groups in total. The maximum Gasteiger partial charge on any atom is 0.320 e. The average Bonchev–Trinajstić information content (AvgIpc) is 2.64. The normalized spacial score (nSPS) is 36.4. The molecular weight excluding hydrogens is 206 g/mol. The first-order valence-electron chi connectivity index (χ1n) is 6.29. The Morgan fingerprint density at radius 2 is 2.19 bits per heavy atom. The largest absolute Gasteiger partial charge is 0.480 e. The van der Waals surface area contributed by atoms with Crippen molar-refractivity contribution in [3.05, 3.63) is 0 Å². The summed E-state index contributed by atoms with van der Waals surface area (Å²) in [6.07, 6.45) is 5.72. The Labute approximate surface area is 96.6 Å². The Kier molecular flexibility index (Phi) is 3.82. The topological polar surface area (TPSA) is 49.8 Å². The van der Waals surface area contributed by atoms with Gasteiger partial charge in [-0.25, -0.2) is 0 Å². The Balaban J connectivity index is 1.88. The smallest absolute Gasteiger partial charge is 0.320 e. The summed E-state index contributed by atoms with van der Waals surface area (Å²) in [6, 6.07) is -0.284. The van der Waals surface area contributed by atoms with Crippen LogP contribution >= 0.6 is 0 Å². The van der Waals surface area contributed by atoms with Gasteiger partial charge >= 0.3 is 5.97 Å². The first kappa shape index (κ1) is 11.9. The number of nitrogens with zero attached hydrogens (tertiary/aromatic N) is 1. The summed E-state index contributed by atoms with van der Waals surface area (Å²) in [5.74, 6) is -0.675. The Morgan fingerprint density at radius 1 is 1.38 bits per heavy atom. The highest BCUT2D eigenvalue weighted by Gasteiger charge is 2.32. The maximum atomic E-state index is 11.1. The molecule has 0 aromatic heterocycles. The third kappa shape index (κ3) is 2.74. The van der Waals surface area contributed by atoms with Gasteiger partial charge in [-0.05, 0) is 39.2 Å². The molecule has 3 atom stereocenters. The number of piperidine rings is 1. The van der Waals surface area contributed by atoms with Crippen molar-refractivity contribution in [3.63, 3.8) is 0 Å². The Bertz CT molecular complexity index is 257. The molecule has 4 nitrogen and oxygen atoms in total. The molecule has 0 radical (unpaired) electrons. The number of hydrogen-bond acceptors (Lipinski definition) is 3. The minimum absolute atomic E-state index is 0.245. The summed E-state index contributed by atoms with van der Waals surface area (Å²) in [7, 11) is 0. The quantitative estimate of drug-likeness (QED) is 0.793. The van der Waals surface area contributed by atoms with E-state index in [2.05, 4.69) is 11.8 Å². The predicted octanol–water partition coefficient (Wildman–Crippen LogP) is 1.49. The van der Waals surface area contributed by atoms with Gasteiger partial charge in [-0.1, -0.05) is 6.42 Å². The fourth-order valence-corrected chi connectivity index (χ4v) is 2.77. The van der Waals surface area contributed by atoms with Crippen molar-refractivity contribution >= 4 is 5.97 Å². The summed E-state index contributed by atoms with van der Waals surface area (Å²) < 4.78 is 5.76. The van der Waals surface area contributed by atoms with Crippen molar-refractivity contribution in [2.75, 3.05) is 13.1 Å². The van der Waals surface area contributed by atoms with E-state index >= 15 is 0 Å². The van der Waals surface area contributed by atoms with E-state index in [1.165, 1.54) is 0 Å². The summed E-state index contributed by atoms with van der Waals surface area (Å²) in [4.78, 5) is 13.2. The lowest BCUT2D eigenvalue weighted by Gasteiger charge is -2.34. The minimum atomic E-state index is -0.675. The number of rotatable bonds is 3. The standard InChI is InChI=1S/C12H21NO3/c1-9-5-6-10(16-9)8-13-7-3-2-4-11(13)12(14)15/h9-11H,2-8H2,1H3,(H,14,15). The van der Waals surface area contributed by atoms with Gasteiger partial charge in [0.2, 0.25) is 0 Å². The highest BCUT2D eigenvalue weighted by molar-refractivity contribution is 5.73. The number of aliphatic carboxylic acids is 1. The van der Waals surface area contributed by atoms with Crippen molar-refractivity contribution in [1.29, 1.82) is 0 Å². The molecule has 4 heteroatoms. The van der Waals surface area contributed by atoms with Crippen LogP contribution < -0.4 is 0 Å². The van der Waals surface area contributed by atoms with Gasteiger partial charge in [0.25, 0.3) is 0 Å². The molecule has 2 aliphatic rings. The predicted molar refractivity (Wildman–Crippen MR) is 60.4 cm³/mol. The molecule has 3 unspecified atom stereocenters. The van der Waals surface area contributed by atoms with Crippen molar-refractivity contribution < 1.29 is 14.6 Å². The highest BCUT2D eigenvalue weighted by Crippen LogP contribution is 2.23. The number of ether oxygens (including phenoxy) is 1. The van der Waals surface area contributed by atoms with Crippen molar-refractivity contribution in [2.45, 2.75) is 57.3 Å². The minimum Gasteiger partial charge on any atom is -0.480 e. The zero-order valence-corrected chi connectivity index (χ0v) is 9.89. The van der Waals surface area contributed by atoms with E-state index in [-0.39, 0.29) is 12.1 Å². The SMILES string of the molecule is CC1CCC(CN2CCCCC2C(=O)O)O1. The van der Waals surface area contributed by atoms with Crippen LogP contribution in [0.2, 0.25) is 0 Å². The molecule has 0 spiro atoms. The number of likely N-dealkylation sites (tertiary alicyclic amines) is 1.